The van der Waals surface area contributed by atoms with Gasteiger partial charge in [0.25, 0.3) is 0 Å². The molecule has 3 rings (SSSR count). The first kappa shape index (κ1) is 21.4. The van der Waals surface area contributed by atoms with Gasteiger partial charge in [-0.15, -0.1) is 0 Å². The highest BCUT2D eigenvalue weighted by Gasteiger charge is 2.11. The van der Waals surface area contributed by atoms with Crippen LogP contribution in [0.25, 0.3) is 0 Å². The SMILES string of the molecule is CCNC(=NCc1ccc(CN2CCCC2)cc1)NCCCCn1ccnc1C. The lowest BCUT2D eigenvalue weighted by molar-refractivity contribution is 0.331. The molecule has 0 atom stereocenters. The molecule has 1 fully saturated rings. The topological polar surface area (TPSA) is 57.5 Å². The van der Waals surface area contributed by atoms with Crippen LogP contribution in [0.15, 0.2) is 41.7 Å². The molecular formula is C23H36N6. The molecule has 0 aliphatic carbocycles. The molecule has 0 spiro atoms. The fraction of sp³-hybridized carbons (Fsp3) is 0.565. The van der Waals surface area contributed by atoms with Crippen LogP contribution in [-0.4, -0.2) is 46.6 Å². The molecule has 1 aromatic carbocycles. The molecule has 29 heavy (non-hydrogen) atoms. The summed E-state index contributed by atoms with van der Waals surface area (Å²) in [6.45, 7) is 11.2. The molecule has 2 N–H and O–H groups in total. The highest BCUT2D eigenvalue weighted by molar-refractivity contribution is 5.79. The van der Waals surface area contributed by atoms with Crippen LogP contribution in [-0.2, 0) is 19.6 Å². The van der Waals surface area contributed by atoms with E-state index < -0.39 is 0 Å². The van der Waals surface area contributed by atoms with Gasteiger partial charge in [-0.1, -0.05) is 24.3 Å². The number of hydrogen-bond acceptors (Lipinski definition) is 3. The molecule has 2 heterocycles. The zero-order valence-electron chi connectivity index (χ0n) is 18.0. The summed E-state index contributed by atoms with van der Waals surface area (Å²) in [6, 6.07) is 8.93. The van der Waals surface area contributed by atoms with Crippen molar-refractivity contribution >= 4 is 5.96 Å². The van der Waals surface area contributed by atoms with Crippen LogP contribution < -0.4 is 10.6 Å². The number of aryl methyl sites for hydroxylation is 2. The van der Waals surface area contributed by atoms with Crippen molar-refractivity contribution in [2.45, 2.75) is 59.2 Å². The first-order chi connectivity index (χ1) is 14.2. The number of imidazole rings is 1. The van der Waals surface area contributed by atoms with E-state index in [9.17, 15) is 0 Å². The molecule has 158 valence electrons. The smallest absolute Gasteiger partial charge is 0.191 e. The molecular weight excluding hydrogens is 360 g/mol. The van der Waals surface area contributed by atoms with Crippen molar-refractivity contribution in [3.8, 4) is 0 Å². The Hall–Kier alpha value is -2.34. The highest BCUT2D eigenvalue weighted by Crippen LogP contribution is 2.13. The van der Waals surface area contributed by atoms with Crippen molar-refractivity contribution in [3.63, 3.8) is 0 Å². The van der Waals surface area contributed by atoms with Crippen molar-refractivity contribution in [2.75, 3.05) is 26.2 Å². The van der Waals surface area contributed by atoms with E-state index in [2.05, 4.69) is 56.3 Å². The van der Waals surface area contributed by atoms with Gasteiger partial charge in [0.1, 0.15) is 5.82 Å². The molecule has 1 aromatic heterocycles. The molecule has 0 bridgehead atoms. The van der Waals surface area contributed by atoms with Crippen LogP contribution in [0.5, 0.6) is 0 Å². The molecule has 2 aromatic rings. The lowest BCUT2D eigenvalue weighted by Crippen LogP contribution is -2.37. The summed E-state index contributed by atoms with van der Waals surface area (Å²) < 4.78 is 2.20. The third-order valence-corrected chi connectivity index (χ3v) is 5.43. The van der Waals surface area contributed by atoms with E-state index in [-0.39, 0.29) is 0 Å². The molecule has 1 aliphatic heterocycles. The number of likely N-dealkylation sites (tertiary alicyclic amines) is 1. The summed E-state index contributed by atoms with van der Waals surface area (Å²) in [5, 5.41) is 6.80. The van der Waals surface area contributed by atoms with Crippen LogP contribution in [0.3, 0.4) is 0 Å². The summed E-state index contributed by atoms with van der Waals surface area (Å²) in [4.78, 5) is 11.6. The number of unbranched alkanes of at least 4 members (excludes halogenated alkanes) is 1. The van der Waals surface area contributed by atoms with Gasteiger partial charge >= 0.3 is 0 Å². The summed E-state index contributed by atoms with van der Waals surface area (Å²) in [5.41, 5.74) is 2.65. The van der Waals surface area contributed by atoms with Crippen LogP contribution >= 0.6 is 0 Å². The second-order valence-electron chi connectivity index (χ2n) is 7.80. The van der Waals surface area contributed by atoms with E-state index in [1.54, 1.807) is 0 Å². The largest absolute Gasteiger partial charge is 0.357 e. The van der Waals surface area contributed by atoms with E-state index in [4.69, 9.17) is 4.99 Å². The van der Waals surface area contributed by atoms with Gasteiger partial charge in [0, 0.05) is 38.6 Å². The Labute approximate surface area is 175 Å². The Kier molecular flexibility index (Phi) is 8.56. The predicted molar refractivity (Wildman–Crippen MR) is 120 cm³/mol. The summed E-state index contributed by atoms with van der Waals surface area (Å²) >= 11 is 0. The van der Waals surface area contributed by atoms with Crippen molar-refractivity contribution < 1.29 is 0 Å². The maximum absolute atomic E-state index is 4.75. The maximum atomic E-state index is 4.75. The van der Waals surface area contributed by atoms with Gasteiger partial charge in [0.2, 0.25) is 0 Å². The van der Waals surface area contributed by atoms with Crippen LogP contribution in [0.2, 0.25) is 0 Å². The summed E-state index contributed by atoms with van der Waals surface area (Å²) in [6.07, 6.45) is 8.83. The van der Waals surface area contributed by atoms with E-state index in [1.165, 1.54) is 37.1 Å². The third-order valence-electron chi connectivity index (χ3n) is 5.43. The zero-order chi connectivity index (χ0) is 20.3. The predicted octanol–water partition coefficient (Wildman–Crippen LogP) is 3.32. The monoisotopic (exact) mass is 396 g/mol. The zero-order valence-corrected chi connectivity index (χ0v) is 18.0. The first-order valence-electron chi connectivity index (χ1n) is 11.0. The number of rotatable bonds is 10. The number of guanidine groups is 1. The van der Waals surface area contributed by atoms with E-state index in [1.807, 2.05) is 19.3 Å². The van der Waals surface area contributed by atoms with E-state index >= 15 is 0 Å². The lowest BCUT2D eigenvalue weighted by Gasteiger charge is -2.14. The van der Waals surface area contributed by atoms with Gasteiger partial charge < -0.3 is 15.2 Å². The molecule has 1 aliphatic rings. The van der Waals surface area contributed by atoms with Crippen molar-refractivity contribution in [2.24, 2.45) is 4.99 Å². The number of nitrogens with zero attached hydrogens (tertiary/aromatic N) is 4. The number of aromatic nitrogens is 2. The van der Waals surface area contributed by atoms with Gasteiger partial charge in [-0.05, 0) is 63.7 Å². The second-order valence-corrected chi connectivity index (χ2v) is 7.80. The minimum atomic E-state index is 0.702. The number of nitrogens with one attached hydrogen (secondary N) is 2. The van der Waals surface area contributed by atoms with Crippen LogP contribution in [0.4, 0.5) is 0 Å². The fourth-order valence-electron chi connectivity index (χ4n) is 3.72. The van der Waals surface area contributed by atoms with Crippen molar-refractivity contribution in [3.05, 3.63) is 53.6 Å². The highest BCUT2D eigenvalue weighted by atomic mass is 15.2. The van der Waals surface area contributed by atoms with Gasteiger partial charge in [0.05, 0.1) is 6.54 Å². The van der Waals surface area contributed by atoms with E-state index in [0.29, 0.717) is 6.54 Å². The standard InChI is InChI=1S/C23H36N6/c1-3-24-23(26-12-4-5-16-29-17-13-25-20(29)2)27-18-21-8-10-22(11-9-21)19-28-14-6-7-15-28/h8-11,13,17H,3-7,12,14-16,18-19H2,1-2H3,(H2,24,26,27). The Morgan fingerprint density at radius 1 is 1.07 bits per heavy atom. The average Bonchev–Trinajstić information content (AvgIpc) is 3.39. The Balaban J connectivity index is 1.40. The molecule has 0 saturated carbocycles. The third kappa shape index (κ3) is 7.20. The van der Waals surface area contributed by atoms with Crippen LogP contribution in [0, 0.1) is 6.92 Å². The number of hydrogen-bond donors (Lipinski definition) is 2. The average molecular weight is 397 g/mol. The summed E-state index contributed by atoms with van der Waals surface area (Å²) in [5.74, 6) is 1.98. The van der Waals surface area contributed by atoms with Gasteiger partial charge in [-0.3, -0.25) is 4.90 Å². The molecule has 0 amide bonds. The van der Waals surface area contributed by atoms with E-state index in [0.717, 1.165) is 50.8 Å². The summed E-state index contributed by atoms with van der Waals surface area (Å²) in [7, 11) is 0. The van der Waals surface area contributed by atoms with Gasteiger partial charge in [-0.25, -0.2) is 9.98 Å². The molecule has 1 saturated heterocycles. The Morgan fingerprint density at radius 2 is 1.83 bits per heavy atom. The maximum Gasteiger partial charge on any atom is 0.191 e. The minimum Gasteiger partial charge on any atom is -0.357 e. The molecule has 0 unspecified atom stereocenters. The minimum absolute atomic E-state index is 0.702. The van der Waals surface area contributed by atoms with Crippen molar-refractivity contribution in [1.29, 1.82) is 0 Å². The number of benzene rings is 1. The Bertz CT molecular complexity index is 743. The Morgan fingerprint density at radius 3 is 2.52 bits per heavy atom. The van der Waals surface area contributed by atoms with Crippen LogP contribution in [0.1, 0.15) is 49.6 Å². The van der Waals surface area contributed by atoms with Crippen molar-refractivity contribution in [1.82, 2.24) is 25.1 Å². The lowest BCUT2D eigenvalue weighted by atomic mass is 10.1. The molecule has 6 heteroatoms. The fourth-order valence-corrected chi connectivity index (χ4v) is 3.72. The molecule has 6 nitrogen and oxygen atoms in total. The molecule has 0 radical (unpaired) electrons. The first-order valence-corrected chi connectivity index (χ1v) is 11.0. The quantitative estimate of drug-likeness (QED) is 0.367. The normalized spacial score (nSPS) is 15.0. The van der Waals surface area contributed by atoms with Gasteiger partial charge in [0.15, 0.2) is 5.96 Å². The number of aliphatic imine (C=N–C) groups is 1. The van der Waals surface area contributed by atoms with Gasteiger partial charge in [-0.2, -0.15) is 0 Å². The second kappa shape index (κ2) is 11.6.